The number of nitrogens with one attached hydrogen (secondary N) is 1. The first kappa shape index (κ1) is 37.2. The van der Waals surface area contributed by atoms with Crippen molar-refractivity contribution in [1.29, 1.82) is 0 Å². The molecule has 8 nitrogen and oxygen atoms in total. The van der Waals surface area contributed by atoms with Crippen LogP contribution in [0.25, 0.3) is 0 Å². The summed E-state index contributed by atoms with van der Waals surface area (Å²) in [6.07, 6.45) is 5.10. The average Bonchev–Trinajstić information content (AvgIpc) is 3.11. The van der Waals surface area contributed by atoms with Crippen LogP contribution in [-0.4, -0.2) is 50.4 Å². The van der Waals surface area contributed by atoms with E-state index < -0.39 is 28.5 Å². The van der Waals surface area contributed by atoms with Crippen LogP contribution in [0.15, 0.2) is 102 Å². The summed E-state index contributed by atoms with van der Waals surface area (Å²) in [6, 6.07) is 26.5. The Kier molecular flexibility index (Phi) is 12.8. The summed E-state index contributed by atoms with van der Waals surface area (Å²) in [7, 11) is -4.26. The number of nitrogens with zero attached hydrogens (tertiary/aromatic N) is 2. The van der Waals surface area contributed by atoms with Crippen molar-refractivity contribution in [1.82, 2.24) is 10.2 Å². The zero-order valence-electron chi connectivity index (χ0n) is 28.4. The molecule has 1 aliphatic carbocycles. The molecule has 1 N–H and O–H groups in total. The zero-order chi connectivity index (χ0) is 35.7. The molecular weight excluding hydrogens is 693 g/mol. The van der Waals surface area contributed by atoms with E-state index in [2.05, 4.69) is 5.32 Å². The van der Waals surface area contributed by atoms with E-state index in [1.807, 2.05) is 44.2 Å². The topological polar surface area (TPSA) is 96.0 Å². The van der Waals surface area contributed by atoms with Gasteiger partial charge in [0.15, 0.2) is 0 Å². The molecule has 1 atom stereocenters. The second-order valence-electron chi connectivity index (χ2n) is 12.6. The number of amides is 2. The smallest absolute Gasteiger partial charge is 0.264 e. The lowest BCUT2D eigenvalue weighted by Gasteiger charge is -2.35. The van der Waals surface area contributed by atoms with E-state index >= 15 is 0 Å². The molecule has 0 spiro atoms. The van der Waals surface area contributed by atoms with Gasteiger partial charge in [-0.05, 0) is 86.3 Å². The first-order valence-corrected chi connectivity index (χ1v) is 19.1. The molecular formula is C39H43Cl2N3O5S. The summed E-state index contributed by atoms with van der Waals surface area (Å²) in [6.45, 7) is 3.57. The van der Waals surface area contributed by atoms with Crippen molar-refractivity contribution in [2.24, 2.45) is 0 Å². The quantitative estimate of drug-likeness (QED) is 0.142. The normalized spacial score (nSPS) is 14.1. The van der Waals surface area contributed by atoms with E-state index in [-0.39, 0.29) is 29.8 Å². The lowest BCUT2D eigenvalue weighted by molar-refractivity contribution is -0.140. The van der Waals surface area contributed by atoms with Crippen LogP contribution in [0.1, 0.15) is 55.7 Å². The Morgan fingerprint density at radius 1 is 0.900 bits per heavy atom. The molecule has 0 aromatic heterocycles. The Morgan fingerprint density at radius 2 is 1.58 bits per heavy atom. The highest BCUT2D eigenvalue weighted by Gasteiger charge is 2.35. The third kappa shape index (κ3) is 9.59. The molecule has 2 amide bonds. The fourth-order valence-electron chi connectivity index (χ4n) is 6.17. The SMILES string of the molecule is CCOc1ccc(S(=O)(=O)N(CC(=O)N(Cc2ccc(Cl)cc2Cl)[C@@H](Cc2ccccc2)C(=O)NC2CCCCC2)c2ccc(C)cc2)cc1. The number of benzene rings is 4. The highest BCUT2D eigenvalue weighted by Crippen LogP contribution is 2.29. The van der Waals surface area contributed by atoms with Crippen LogP contribution in [0.4, 0.5) is 5.69 Å². The number of rotatable bonds is 14. The summed E-state index contributed by atoms with van der Waals surface area (Å²) in [5.41, 5.74) is 2.67. The standard InChI is InChI=1S/C39H43Cl2N3O5S/c1-3-49-34-20-22-35(23-21-34)50(47,48)44(33-18-14-28(2)15-19-33)27-38(45)43(26-30-16-17-31(40)25-36(30)41)37(24-29-10-6-4-7-11-29)39(46)42-32-12-8-5-9-13-32/h4,6-7,10-11,14-23,25,32,37H,3,5,8-9,12-13,24,26-27H2,1-2H3,(H,42,46)/t37-/m0/s1. The molecule has 0 radical (unpaired) electrons. The van der Waals surface area contributed by atoms with Crippen molar-refractivity contribution in [3.63, 3.8) is 0 Å². The van der Waals surface area contributed by atoms with Crippen LogP contribution < -0.4 is 14.4 Å². The minimum atomic E-state index is -4.26. The van der Waals surface area contributed by atoms with Gasteiger partial charge in [0.05, 0.1) is 17.2 Å². The van der Waals surface area contributed by atoms with E-state index in [4.69, 9.17) is 27.9 Å². The number of carbonyl (C=O) groups excluding carboxylic acids is 2. The number of aryl methyl sites for hydroxylation is 1. The molecule has 1 fully saturated rings. The number of ether oxygens (including phenoxy) is 1. The van der Waals surface area contributed by atoms with Crippen molar-refractivity contribution in [2.75, 3.05) is 17.5 Å². The molecule has 264 valence electrons. The molecule has 11 heteroatoms. The first-order valence-electron chi connectivity index (χ1n) is 16.9. The van der Waals surface area contributed by atoms with Gasteiger partial charge in [0, 0.05) is 29.1 Å². The van der Waals surface area contributed by atoms with Crippen LogP contribution in [-0.2, 0) is 32.6 Å². The van der Waals surface area contributed by atoms with Gasteiger partial charge in [0.1, 0.15) is 18.3 Å². The molecule has 0 aliphatic heterocycles. The monoisotopic (exact) mass is 735 g/mol. The highest BCUT2D eigenvalue weighted by molar-refractivity contribution is 7.92. The number of hydrogen-bond donors (Lipinski definition) is 1. The molecule has 5 rings (SSSR count). The van der Waals surface area contributed by atoms with Gasteiger partial charge >= 0.3 is 0 Å². The summed E-state index contributed by atoms with van der Waals surface area (Å²) < 4.78 is 35.3. The van der Waals surface area contributed by atoms with Gasteiger partial charge in [-0.15, -0.1) is 0 Å². The predicted molar refractivity (Wildman–Crippen MR) is 199 cm³/mol. The fourth-order valence-corrected chi connectivity index (χ4v) is 8.06. The van der Waals surface area contributed by atoms with Gasteiger partial charge in [0.2, 0.25) is 11.8 Å². The second-order valence-corrected chi connectivity index (χ2v) is 15.3. The van der Waals surface area contributed by atoms with E-state index in [0.29, 0.717) is 33.7 Å². The van der Waals surface area contributed by atoms with Crippen LogP contribution in [0.5, 0.6) is 5.75 Å². The van der Waals surface area contributed by atoms with Crippen molar-refractivity contribution < 1.29 is 22.7 Å². The van der Waals surface area contributed by atoms with Crippen LogP contribution in [0, 0.1) is 6.92 Å². The molecule has 0 unspecified atom stereocenters. The largest absolute Gasteiger partial charge is 0.494 e. The lowest BCUT2D eigenvalue weighted by atomic mass is 9.94. The fraction of sp³-hybridized carbons (Fsp3) is 0.333. The van der Waals surface area contributed by atoms with E-state index in [0.717, 1.165) is 47.5 Å². The van der Waals surface area contributed by atoms with Crippen molar-refractivity contribution in [3.8, 4) is 5.75 Å². The van der Waals surface area contributed by atoms with Gasteiger partial charge in [-0.25, -0.2) is 8.42 Å². The van der Waals surface area contributed by atoms with E-state index in [1.54, 1.807) is 54.6 Å². The predicted octanol–water partition coefficient (Wildman–Crippen LogP) is 7.98. The Balaban J connectivity index is 1.57. The molecule has 0 bridgehead atoms. The van der Waals surface area contributed by atoms with Gasteiger partial charge in [0.25, 0.3) is 10.0 Å². The maximum Gasteiger partial charge on any atom is 0.264 e. The van der Waals surface area contributed by atoms with Crippen LogP contribution in [0.2, 0.25) is 10.0 Å². The number of hydrogen-bond acceptors (Lipinski definition) is 5. The maximum absolute atomic E-state index is 14.8. The number of anilines is 1. The van der Waals surface area contributed by atoms with Gasteiger partial charge in [-0.2, -0.15) is 0 Å². The summed E-state index contributed by atoms with van der Waals surface area (Å²) in [5, 5.41) is 3.98. The first-order chi connectivity index (χ1) is 24.0. The van der Waals surface area contributed by atoms with Gasteiger partial charge < -0.3 is 15.0 Å². The van der Waals surface area contributed by atoms with Crippen LogP contribution in [0.3, 0.4) is 0 Å². The Hall–Kier alpha value is -4.05. The van der Waals surface area contributed by atoms with Crippen LogP contribution >= 0.6 is 23.2 Å². The minimum Gasteiger partial charge on any atom is -0.494 e. The molecule has 0 heterocycles. The molecule has 4 aromatic carbocycles. The molecule has 1 saturated carbocycles. The summed E-state index contributed by atoms with van der Waals surface area (Å²) in [4.78, 5) is 30.5. The van der Waals surface area contributed by atoms with E-state index in [1.165, 1.54) is 17.0 Å². The third-order valence-corrected chi connectivity index (χ3v) is 11.3. The Bertz CT molecular complexity index is 1850. The number of sulfonamides is 1. The van der Waals surface area contributed by atoms with Gasteiger partial charge in [-0.3, -0.25) is 13.9 Å². The second kappa shape index (κ2) is 17.2. The van der Waals surface area contributed by atoms with E-state index in [9.17, 15) is 18.0 Å². The molecule has 1 aliphatic rings. The summed E-state index contributed by atoms with van der Waals surface area (Å²) in [5.74, 6) is -0.329. The number of halogens is 2. The Morgan fingerprint density at radius 3 is 2.22 bits per heavy atom. The zero-order valence-corrected chi connectivity index (χ0v) is 30.7. The maximum atomic E-state index is 14.8. The number of carbonyl (C=O) groups is 2. The van der Waals surface area contributed by atoms with Crippen molar-refractivity contribution >= 4 is 50.7 Å². The van der Waals surface area contributed by atoms with Gasteiger partial charge in [-0.1, -0.05) is 96.6 Å². The Labute approximate surface area is 305 Å². The lowest BCUT2D eigenvalue weighted by Crippen LogP contribution is -2.55. The minimum absolute atomic E-state index is 0.00231. The molecule has 0 saturated heterocycles. The third-order valence-electron chi connectivity index (χ3n) is 8.90. The van der Waals surface area contributed by atoms with Crippen molar-refractivity contribution in [3.05, 3.63) is 124 Å². The summed E-state index contributed by atoms with van der Waals surface area (Å²) >= 11 is 12.9. The van der Waals surface area contributed by atoms with Crippen molar-refractivity contribution in [2.45, 2.75) is 75.9 Å². The molecule has 50 heavy (non-hydrogen) atoms. The average molecular weight is 737 g/mol. The molecule has 4 aromatic rings. The highest BCUT2D eigenvalue weighted by atomic mass is 35.5.